The SMILES string of the molecule is COC(=O)CCN1CCCCC1C. The third-order valence-corrected chi connectivity index (χ3v) is 2.77. The monoisotopic (exact) mass is 185 g/mol. The first kappa shape index (κ1) is 10.5. The summed E-state index contributed by atoms with van der Waals surface area (Å²) in [6.07, 6.45) is 4.39. The molecule has 0 aromatic heterocycles. The Balaban J connectivity index is 2.22. The van der Waals surface area contributed by atoms with Crippen LogP contribution in [0.4, 0.5) is 0 Å². The van der Waals surface area contributed by atoms with E-state index in [1.165, 1.54) is 26.4 Å². The highest BCUT2D eigenvalue weighted by molar-refractivity contribution is 5.69. The van der Waals surface area contributed by atoms with Gasteiger partial charge in [-0.1, -0.05) is 6.42 Å². The Morgan fingerprint density at radius 3 is 2.92 bits per heavy atom. The molecule has 1 heterocycles. The molecule has 1 aliphatic rings. The number of piperidine rings is 1. The van der Waals surface area contributed by atoms with Gasteiger partial charge in [-0.3, -0.25) is 4.79 Å². The molecular weight excluding hydrogens is 166 g/mol. The molecule has 1 aliphatic heterocycles. The highest BCUT2D eigenvalue weighted by Gasteiger charge is 2.18. The number of methoxy groups -OCH3 is 1. The zero-order valence-electron chi connectivity index (χ0n) is 8.58. The topological polar surface area (TPSA) is 29.5 Å². The molecule has 1 atom stereocenters. The molecule has 0 bridgehead atoms. The van der Waals surface area contributed by atoms with E-state index in [0.717, 1.165) is 13.1 Å². The zero-order valence-corrected chi connectivity index (χ0v) is 8.58. The van der Waals surface area contributed by atoms with Gasteiger partial charge in [0.2, 0.25) is 0 Å². The van der Waals surface area contributed by atoms with Gasteiger partial charge in [0.05, 0.1) is 13.5 Å². The Labute approximate surface area is 80.1 Å². The molecule has 1 saturated heterocycles. The van der Waals surface area contributed by atoms with Crippen LogP contribution >= 0.6 is 0 Å². The predicted molar refractivity (Wildman–Crippen MR) is 51.5 cm³/mol. The molecule has 0 aromatic rings. The molecule has 0 aromatic carbocycles. The molecule has 13 heavy (non-hydrogen) atoms. The van der Waals surface area contributed by atoms with E-state index in [4.69, 9.17) is 0 Å². The van der Waals surface area contributed by atoms with Crippen LogP contribution in [0.15, 0.2) is 0 Å². The van der Waals surface area contributed by atoms with Crippen molar-refractivity contribution in [2.75, 3.05) is 20.2 Å². The number of hydrogen-bond acceptors (Lipinski definition) is 3. The van der Waals surface area contributed by atoms with Crippen LogP contribution in [-0.4, -0.2) is 37.1 Å². The second-order valence-electron chi connectivity index (χ2n) is 3.71. The first-order valence-corrected chi connectivity index (χ1v) is 5.05. The summed E-state index contributed by atoms with van der Waals surface area (Å²) in [7, 11) is 1.45. The lowest BCUT2D eigenvalue weighted by Crippen LogP contribution is -2.38. The van der Waals surface area contributed by atoms with Crippen molar-refractivity contribution in [1.82, 2.24) is 4.90 Å². The molecule has 3 nitrogen and oxygen atoms in total. The van der Waals surface area contributed by atoms with Crippen LogP contribution in [0.3, 0.4) is 0 Å². The molecular formula is C10H19NO2. The van der Waals surface area contributed by atoms with Gasteiger partial charge in [-0.15, -0.1) is 0 Å². The predicted octanol–water partition coefficient (Wildman–Crippen LogP) is 1.42. The van der Waals surface area contributed by atoms with E-state index in [1.54, 1.807) is 0 Å². The van der Waals surface area contributed by atoms with E-state index >= 15 is 0 Å². The average molecular weight is 185 g/mol. The van der Waals surface area contributed by atoms with Crippen molar-refractivity contribution < 1.29 is 9.53 Å². The maximum absolute atomic E-state index is 10.9. The maximum atomic E-state index is 10.9. The van der Waals surface area contributed by atoms with Gasteiger partial charge >= 0.3 is 5.97 Å². The van der Waals surface area contributed by atoms with Crippen LogP contribution in [-0.2, 0) is 9.53 Å². The number of ether oxygens (including phenoxy) is 1. The highest BCUT2D eigenvalue weighted by Crippen LogP contribution is 2.16. The summed E-state index contributed by atoms with van der Waals surface area (Å²) in [6.45, 7) is 4.22. The molecule has 76 valence electrons. The van der Waals surface area contributed by atoms with E-state index in [2.05, 4.69) is 16.6 Å². The van der Waals surface area contributed by atoms with Crippen LogP contribution in [0.25, 0.3) is 0 Å². The van der Waals surface area contributed by atoms with Crippen molar-refractivity contribution in [3.8, 4) is 0 Å². The van der Waals surface area contributed by atoms with Gasteiger partial charge in [0.1, 0.15) is 0 Å². The summed E-state index contributed by atoms with van der Waals surface area (Å²) in [6, 6.07) is 0.637. The Morgan fingerprint density at radius 2 is 2.31 bits per heavy atom. The van der Waals surface area contributed by atoms with Crippen LogP contribution < -0.4 is 0 Å². The fourth-order valence-electron chi connectivity index (χ4n) is 1.83. The van der Waals surface area contributed by atoms with Crippen molar-refractivity contribution in [2.45, 2.75) is 38.6 Å². The molecule has 0 amide bonds. The van der Waals surface area contributed by atoms with Gasteiger partial charge in [0.15, 0.2) is 0 Å². The molecule has 0 saturated carbocycles. The lowest BCUT2D eigenvalue weighted by molar-refractivity contribution is -0.141. The molecule has 1 rings (SSSR count). The number of carbonyl (C=O) groups excluding carboxylic acids is 1. The Kier molecular flexibility index (Phi) is 4.22. The highest BCUT2D eigenvalue weighted by atomic mass is 16.5. The minimum absolute atomic E-state index is 0.0993. The minimum atomic E-state index is -0.0993. The normalized spacial score (nSPS) is 24.3. The quantitative estimate of drug-likeness (QED) is 0.623. The van der Waals surface area contributed by atoms with Crippen molar-refractivity contribution in [3.05, 3.63) is 0 Å². The summed E-state index contributed by atoms with van der Waals surface area (Å²) in [4.78, 5) is 13.3. The van der Waals surface area contributed by atoms with Crippen LogP contribution in [0.2, 0.25) is 0 Å². The van der Waals surface area contributed by atoms with Crippen molar-refractivity contribution in [2.24, 2.45) is 0 Å². The molecule has 1 unspecified atom stereocenters. The van der Waals surface area contributed by atoms with E-state index in [1.807, 2.05) is 0 Å². The van der Waals surface area contributed by atoms with Crippen LogP contribution in [0.1, 0.15) is 32.6 Å². The van der Waals surface area contributed by atoms with Gasteiger partial charge in [0.25, 0.3) is 0 Å². The van der Waals surface area contributed by atoms with E-state index in [0.29, 0.717) is 12.5 Å². The molecule has 1 fully saturated rings. The molecule has 0 radical (unpaired) electrons. The van der Waals surface area contributed by atoms with Gasteiger partial charge < -0.3 is 9.64 Å². The standard InChI is InChI=1S/C10H19NO2/c1-9-5-3-4-7-11(9)8-6-10(12)13-2/h9H,3-8H2,1-2H3. The third-order valence-electron chi connectivity index (χ3n) is 2.77. The molecule has 0 aliphatic carbocycles. The fourth-order valence-corrected chi connectivity index (χ4v) is 1.83. The third kappa shape index (κ3) is 3.35. The van der Waals surface area contributed by atoms with Crippen molar-refractivity contribution in [3.63, 3.8) is 0 Å². The average Bonchev–Trinajstić information content (AvgIpc) is 2.16. The summed E-state index contributed by atoms with van der Waals surface area (Å²) in [5.41, 5.74) is 0. The Hall–Kier alpha value is -0.570. The first-order valence-electron chi connectivity index (χ1n) is 5.05. The van der Waals surface area contributed by atoms with E-state index < -0.39 is 0 Å². The number of carbonyl (C=O) groups is 1. The number of hydrogen-bond donors (Lipinski definition) is 0. The van der Waals surface area contributed by atoms with Gasteiger partial charge in [-0.2, -0.15) is 0 Å². The largest absolute Gasteiger partial charge is 0.469 e. The second kappa shape index (κ2) is 5.22. The first-order chi connectivity index (χ1) is 6.24. The lowest BCUT2D eigenvalue weighted by atomic mass is 10.0. The van der Waals surface area contributed by atoms with Gasteiger partial charge in [0, 0.05) is 12.6 Å². The maximum Gasteiger partial charge on any atom is 0.306 e. The Morgan fingerprint density at radius 1 is 1.54 bits per heavy atom. The molecule has 3 heteroatoms. The van der Waals surface area contributed by atoms with Crippen LogP contribution in [0.5, 0.6) is 0 Å². The number of esters is 1. The minimum Gasteiger partial charge on any atom is -0.469 e. The van der Waals surface area contributed by atoms with Crippen molar-refractivity contribution >= 4 is 5.97 Å². The lowest BCUT2D eigenvalue weighted by Gasteiger charge is -2.32. The summed E-state index contributed by atoms with van der Waals surface area (Å²) in [5, 5.41) is 0. The van der Waals surface area contributed by atoms with E-state index in [-0.39, 0.29) is 5.97 Å². The van der Waals surface area contributed by atoms with Crippen molar-refractivity contribution in [1.29, 1.82) is 0 Å². The summed E-state index contributed by atoms with van der Waals surface area (Å²) >= 11 is 0. The van der Waals surface area contributed by atoms with Crippen LogP contribution in [0, 0.1) is 0 Å². The fraction of sp³-hybridized carbons (Fsp3) is 0.900. The smallest absolute Gasteiger partial charge is 0.306 e. The summed E-state index contributed by atoms with van der Waals surface area (Å²) in [5.74, 6) is -0.0993. The summed E-state index contributed by atoms with van der Waals surface area (Å²) < 4.78 is 4.61. The van der Waals surface area contributed by atoms with Gasteiger partial charge in [-0.25, -0.2) is 0 Å². The number of rotatable bonds is 3. The molecule has 0 N–H and O–H groups in total. The second-order valence-corrected chi connectivity index (χ2v) is 3.71. The van der Waals surface area contributed by atoms with Gasteiger partial charge in [-0.05, 0) is 26.3 Å². The number of nitrogens with zero attached hydrogens (tertiary/aromatic N) is 1. The Bertz CT molecular complexity index is 170. The molecule has 0 spiro atoms. The van der Waals surface area contributed by atoms with E-state index in [9.17, 15) is 4.79 Å². The number of likely N-dealkylation sites (tertiary alicyclic amines) is 1. The zero-order chi connectivity index (χ0) is 9.68.